The van der Waals surface area contributed by atoms with Crippen molar-refractivity contribution in [2.45, 2.75) is 5.41 Å². The van der Waals surface area contributed by atoms with Gasteiger partial charge in [-0.1, -0.05) is 152 Å². The topological polar surface area (TPSA) is 48.2 Å². The van der Waals surface area contributed by atoms with Crippen molar-refractivity contribution < 1.29 is 9.15 Å². The van der Waals surface area contributed by atoms with E-state index in [9.17, 15) is 0 Å². The van der Waals surface area contributed by atoms with Crippen LogP contribution in [0.5, 0.6) is 11.5 Å². The molecule has 0 spiro atoms. The Balaban J connectivity index is 1.17. The third kappa shape index (κ3) is 4.61. The number of para-hydroxylation sites is 4. The van der Waals surface area contributed by atoms with E-state index in [4.69, 9.17) is 19.1 Å². The molecule has 0 amide bonds. The molecule has 0 bridgehead atoms. The lowest BCUT2D eigenvalue weighted by Gasteiger charge is -2.41. The highest BCUT2D eigenvalue weighted by Crippen LogP contribution is 2.55. The highest BCUT2D eigenvalue weighted by Gasteiger charge is 2.45. The smallest absolute Gasteiger partial charge is 0.160 e. The molecule has 0 unspecified atom stereocenters. The number of benzene rings is 7. The molecule has 9 aromatic rings. The van der Waals surface area contributed by atoms with Gasteiger partial charge in [-0.2, -0.15) is 0 Å². The molecule has 10 rings (SSSR count). The second-order valence-electron chi connectivity index (χ2n) is 12.9. The Bertz CT molecular complexity index is 2670. The zero-order valence-corrected chi connectivity index (χ0v) is 27.5. The molecule has 51 heavy (non-hydrogen) atoms. The molecule has 7 aromatic carbocycles. The monoisotopic (exact) mass is 654 g/mol. The molecule has 0 saturated heterocycles. The number of furan rings is 1. The number of hydrogen-bond acceptors (Lipinski definition) is 4. The fourth-order valence-electron chi connectivity index (χ4n) is 7.76. The first-order valence-electron chi connectivity index (χ1n) is 17.2. The first kappa shape index (κ1) is 29.2. The van der Waals surface area contributed by atoms with Gasteiger partial charge >= 0.3 is 0 Å². The Kier molecular flexibility index (Phi) is 6.68. The molecule has 0 aliphatic carbocycles. The highest BCUT2D eigenvalue weighted by molar-refractivity contribution is 6.09. The van der Waals surface area contributed by atoms with Crippen LogP contribution in [0, 0.1) is 0 Å². The van der Waals surface area contributed by atoms with Gasteiger partial charge in [0.1, 0.15) is 22.7 Å². The van der Waals surface area contributed by atoms with Gasteiger partial charge in [-0.25, -0.2) is 9.97 Å². The summed E-state index contributed by atoms with van der Waals surface area (Å²) in [4.78, 5) is 10.4. The second-order valence-corrected chi connectivity index (χ2v) is 12.9. The Morgan fingerprint density at radius 2 is 1.02 bits per heavy atom. The maximum Gasteiger partial charge on any atom is 0.160 e. The van der Waals surface area contributed by atoms with Gasteiger partial charge in [-0.05, 0) is 41.5 Å². The quantitative estimate of drug-likeness (QED) is 0.185. The van der Waals surface area contributed by atoms with Gasteiger partial charge < -0.3 is 9.15 Å². The predicted molar refractivity (Wildman–Crippen MR) is 204 cm³/mol. The van der Waals surface area contributed by atoms with Crippen LogP contribution in [0.25, 0.3) is 55.8 Å². The van der Waals surface area contributed by atoms with Gasteiger partial charge in [0.15, 0.2) is 5.82 Å². The molecule has 4 heteroatoms. The number of aromatic nitrogens is 2. The normalized spacial score (nSPS) is 13.0. The molecule has 0 saturated carbocycles. The van der Waals surface area contributed by atoms with Crippen LogP contribution < -0.4 is 4.74 Å². The summed E-state index contributed by atoms with van der Waals surface area (Å²) in [6.45, 7) is 0. The predicted octanol–water partition coefficient (Wildman–Crippen LogP) is 11.9. The van der Waals surface area contributed by atoms with Crippen molar-refractivity contribution in [2.75, 3.05) is 0 Å². The zero-order valence-electron chi connectivity index (χ0n) is 27.5. The summed E-state index contributed by atoms with van der Waals surface area (Å²) in [5.41, 5.74) is 10.1. The van der Waals surface area contributed by atoms with E-state index in [0.29, 0.717) is 5.82 Å². The second kappa shape index (κ2) is 11.7. The van der Waals surface area contributed by atoms with Gasteiger partial charge in [0.05, 0.1) is 16.8 Å². The summed E-state index contributed by atoms with van der Waals surface area (Å²) < 4.78 is 13.0. The van der Waals surface area contributed by atoms with Crippen molar-refractivity contribution in [1.29, 1.82) is 0 Å². The van der Waals surface area contributed by atoms with Crippen LogP contribution in [0.4, 0.5) is 0 Å². The van der Waals surface area contributed by atoms with E-state index >= 15 is 0 Å². The van der Waals surface area contributed by atoms with Gasteiger partial charge in [-0.15, -0.1) is 0 Å². The number of ether oxygens (including phenoxy) is 1. The summed E-state index contributed by atoms with van der Waals surface area (Å²) in [7, 11) is 0. The molecule has 0 radical (unpaired) electrons. The molecule has 0 N–H and O–H groups in total. The SMILES string of the molecule is c1ccc(-c2cc(-c3cccc4c3oc3ccccc34)nc(-c3ccc(C4(c5ccccc5)c5ccccc5Oc5ccccc54)cc3)n2)cc1. The lowest BCUT2D eigenvalue weighted by Crippen LogP contribution is -2.34. The van der Waals surface area contributed by atoms with Crippen molar-refractivity contribution >= 4 is 21.9 Å². The Labute approximate surface area is 295 Å². The van der Waals surface area contributed by atoms with Gasteiger partial charge in [0.2, 0.25) is 0 Å². The minimum absolute atomic E-state index is 0.597. The minimum Gasteiger partial charge on any atom is -0.457 e. The van der Waals surface area contributed by atoms with E-state index in [2.05, 4.69) is 133 Å². The molecular weight excluding hydrogens is 625 g/mol. The van der Waals surface area contributed by atoms with Crippen molar-refractivity contribution in [1.82, 2.24) is 9.97 Å². The number of hydrogen-bond donors (Lipinski definition) is 0. The molecule has 1 aliphatic heterocycles. The zero-order chi connectivity index (χ0) is 33.8. The fraction of sp³-hybridized carbons (Fsp3) is 0.0213. The summed E-state index contributed by atoms with van der Waals surface area (Å²) in [5, 5.41) is 2.16. The highest BCUT2D eigenvalue weighted by atomic mass is 16.5. The van der Waals surface area contributed by atoms with Crippen molar-refractivity contribution in [3.05, 3.63) is 204 Å². The van der Waals surface area contributed by atoms with Crippen molar-refractivity contribution in [3.63, 3.8) is 0 Å². The van der Waals surface area contributed by atoms with E-state index in [1.165, 1.54) is 5.56 Å². The Morgan fingerprint density at radius 3 is 1.76 bits per heavy atom. The van der Waals surface area contributed by atoms with Gasteiger partial charge in [-0.3, -0.25) is 0 Å². The number of nitrogens with zero attached hydrogens (tertiary/aromatic N) is 2. The van der Waals surface area contributed by atoms with Crippen LogP contribution in [0.15, 0.2) is 186 Å². The number of rotatable bonds is 5. The molecule has 0 fully saturated rings. The van der Waals surface area contributed by atoms with E-state index in [1.807, 2.05) is 48.5 Å². The van der Waals surface area contributed by atoms with Crippen molar-refractivity contribution in [2.24, 2.45) is 0 Å². The molecule has 3 heterocycles. The standard InChI is InChI=1S/C47H30N2O2/c1-3-14-31(15-4-1)40-30-41(37-20-13-19-36-35-18-7-10-23-42(35)51-45(36)37)49-46(48-40)32-26-28-34(29-27-32)47(33-16-5-2-6-17-33)38-21-8-11-24-43(38)50-44-25-12-9-22-39(44)47/h1-30H. The van der Waals surface area contributed by atoms with Crippen LogP contribution in [0.2, 0.25) is 0 Å². The largest absolute Gasteiger partial charge is 0.457 e. The van der Waals surface area contributed by atoms with Crippen LogP contribution in [0.1, 0.15) is 22.3 Å². The molecule has 2 aromatic heterocycles. The summed E-state index contributed by atoms with van der Waals surface area (Å²) in [6, 6.07) is 63.0. The van der Waals surface area contributed by atoms with Crippen molar-refractivity contribution in [3.8, 4) is 45.4 Å². The van der Waals surface area contributed by atoms with E-state index < -0.39 is 5.41 Å². The van der Waals surface area contributed by atoms with Crippen LogP contribution in [-0.2, 0) is 5.41 Å². The van der Waals surface area contributed by atoms with Crippen LogP contribution in [-0.4, -0.2) is 9.97 Å². The van der Waals surface area contributed by atoms with E-state index in [-0.39, 0.29) is 0 Å². The first-order valence-corrected chi connectivity index (χ1v) is 17.2. The Morgan fingerprint density at radius 1 is 0.431 bits per heavy atom. The lowest BCUT2D eigenvalue weighted by molar-refractivity contribution is 0.434. The van der Waals surface area contributed by atoms with E-state index in [0.717, 1.165) is 78.2 Å². The van der Waals surface area contributed by atoms with E-state index in [1.54, 1.807) is 0 Å². The molecule has 0 atom stereocenters. The maximum absolute atomic E-state index is 6.50. The third-order valence-electron chi connectivity index (χ3n) is 10.1. The Hall–Kier alpha value is -6.78. The van der Waals surface area contributed by atoms with Crippen LogP contribution >= 0.6 is 0 Å². The average molecular weight is 655 g/mol. The fourth-order valence-corrected chi connectivity index (χ4v) is 7.76. The maximum atomic E-state index is 6.50. The molecule has 240 valence electrons. The summed E-state index contributed by atoms with van der Waals surface area (Å²) >= 11 is 0. The summed E-state index contributed by atoms with van der Waals surface area (Å²) in [6.07, 6.45) is 0. The van der Waals surface area contributed by atoms with Gasteiger partial charge in [0, 0.05) is 38.6 Å². The van der Waals surface area contributed by atoms with Gasteiger partial charge in [0.25, 0.3) is 0 Å². The first-order chi connectivity index (χ1) is 25.3. The molecular formula is C47H30N2O2. The minimum atomic E-state index is -0.597. The molecule has 4 nitrogen and oxygen atoms in total. The number of fused-ring (bicyclic) bond motifs is 5. The van der Waals surface area contributed by atoms with Crippen LogP contribution in [0.3, 0.4) is 0 Å². The lowest BCUT2D eigenvalue weighted by atomic mass is 9.63. The molecule has 1 aliphatic rings. The third-order valence-corrected chi connectivity index (χ3v) is 10.1. The summed E-state index contributed by atoms with van der Waals surface area (Å²) in [5.74, 6) is 2.35. The average Bonchev–Trinajstić information content (AvgIpc) is 3.60.